The van der Waals surface area contributed by atoms with Gasteiger partial charge in [0.05, 0.1) is 14.1 Å². The van der Waals surface area contributed by atoms with Crippen LogP contribution in [-0.2, 0) is 20.7 Å². The van der Waals surface area contributed by atoms with E-state index in [4.69, 9.17) is 9.47 Å². The molecule has 26 heavy (non-hydrogen) atoms. The smallest absolute Gasteiger partial charge is 0.408 e. The van der Waals surface area contributed by atoms with Crippen LogP contribution >= 0.6 is 0 Å². The first-order valence-electron chi connectivity index (χ1n) is 8.60. The van der Waals surface area contributed by atoms with Gasteiger partial charge in [-0.15, -0.1) is 0 Å². The van der Waals surface area contributed by atoms with Crippen LogP contribution in [0.4, 0.5) is 9.18 Å². The summed E-state index contributed by atoms with van der Waals surface area (Å²) in [6.07, 6.45) is -0.407. The number of halogens is 1. The lowest BCUT2D eigenvalue weighted by molar-refractivity contribution is -0.902. The number of rotatable bonds is 8. The molecular weight excluding hydrogens is 339 g/mol. The Labute approximate surface area is 154 Å². The van der Waals surface area contributed by atoms with Gasteiger partial charge in [0.1, 0.15) is 24.8 Å². The highest BCUT2D eigenvalue weighted by molar-refractivity contribution is 5.81. The van der Waals surface area contributed by atoms with E-state index in [1.165, 1.54) is 0 Å². The number of esters is 1. The second-order valence-electron chi connectivity index (χ2n) is 7.83. The van der Waals surface area contributed by atoms with E-state index in [0.717, 1.165) is 5.56 Å². The number of quaternary nitrogens is 1. The number of nitrogens with one attached hydrogen (secondary N) is 1. The largest absolute Gasteiger partial charge is 0.458 e. The molecule has 0 radical (unpaired) electrons. The summed E-state index contributed by atoms with van der Waals surface area (Å²) < 4.78 is 23.4. The highest BCUT2D eigenvalue weighted by Crippen LogP contribution is 2.09. The van der Waals surface area contributed by atoms with Crippen LogP contribution in [-0.4, -0.2) is 62.2 Å². The third kappa shape index (κ3) is 8.80. The summed E-state index contributed by atoms with van der Waals surface area (Å²) in [5.74, 6) is -0.571. The number of nitrogens with zero attached hydrogens (tertiary/aromatic N) is 1. The van der Waals surface area contributed by atoms with Gasteiger partial charge in [0.15, 0.2) is 0 Å². The van der Waals surface area contributed by atoms with Crippen molar-refractivity contribution in [2.45, 2.75) is 38.8 Å². The molecule has 0 saturated heterocycles. The second kappa shape index (κ2) is 9.52. The van der Waals surface area contributed by atoms with Crippen molar-refractivity contribution in [1.29, 1.82) is 0 Å². The van der Waals surface area contributed by atoms with Gasteiger partial charge in [-0.3, -0.25) is 4.48 Å². The maximum absolute atomic E-state index is 12.8. The van der Waals surface area contributed by atoms with Crippen LogP contribution in [0.5, 0.6) is 0 Å². The quantitative estimate of drug-likeness (QED) is 0.435. The summed E-state index contributed by atoms with van der Waals surface area (Å²) in [7, 11) is 3.41. The number of alkyl halides is 1. The van der Waals surface area contributed by atoms with Gasteiger partial charge < -0.3 is 14.8 Å². The summed E-state index contributed by atoms with van der Waals surface area (Å²) in [4.78, 5) is 24.5. The van der Waals surface area contributed by atoms with Gasteiger partial charge in [0.25, 0.3) is 0 Å². The minimum Gasteiger partial charge on any atom is -0.458 e. The van der Waals surface area contributed by atoms with Gasteiger partial charge in [-0.05, 0) is 26.3 Å². The Kier molecular flexibility index (Phi) is 8.02. The predicted molar refractivity (Wildman–Crippen MR) is 97.2 cm³/mol. The maximum Gasteiger partial charge on any atom is 0.408 e. The number of amides is 1. The van der Waals surface area contributed by atoms with Crippen molar-refractivity contribution < 1.29 is 27.9 Å². The lowest BCUT2D eigenvalue weighted by Gasteiger charge is -2.26. The monoisotopic (exact) mass is 369 g/mol. The van der Waals surface area contributed by atoms with E-state index in [0.29, 0.717) is 6.54 Å². The molecule has 146 valence electrons. The molecule has 1 atom stereocenters. The number of ether oxygens (including phenoxy) is 2. The number of likely N-dealkylation sites (N-methyl/N-ethyl adjacent to an activating group) is 1. The fourth-order valence-corrected chi connectivity index (χ4v) is 2.05. The van der Waals surface area contributed by atoms with E-state index in [2.05, 4.69) is 5.32 Å². The fraction of sp³-hybridized carbons (Fsp3) is 0.579. The van der Waals surface area contributed by atoms with Crippen molar-refractivity contribution in [3.05, 3.63) is 35.9 Å². The normalized spacial score (nSPS) is 13.0. The van der Waals surface area contributed by atoms with E-state index in [1.807, 2.05) is 30.3 Å². The van der Waals surface area contributed by atoms with Crippen molar-refractivity contribution in [2.75, 3.05) is 34.0 Å². The fourth-order valence-electron chi connectivity index (χ4n) is 2.05. The topological polar surface area (TPSA) is 64.6 Å². The molecular formula is C19H30FN2O4+. The van der Waals surface area contributed by atoms with Crippen LogP contribution in [0.1, 0.15) is 26.3 Å². The van der Waals surface area contributed by atoms with Crippen LogP contribution in [0.25, 0.3) is 0 Å². The van der Waals surface area contributed by atoms with Crippen LogP contribution in [0.15, 0.2) is 30.3 Å². The average molecular weight is 369 g/mol. The van der Waals surface area contributed by atoms with Crippen molar-refractivity contribution in [3.63, 3.8) is 0 Å². The van der Waals surface area contributed by atoms with Gasteiger partial charge in [0.2, 0.25) is 6.80 Å². The summed E-state index contributed by atoms with van der Waals surface area (Å²) in [6, 6.07) is 8.42. The summed E-state index contributed by atoms with van der Waals surface area (Å²) in [5.41, 5.74) is 0.207. The first-order chi connectivity index (χ1) is 12.0. The first-order valence-corrected chi connectivity index (χ1v) is 8.60. The second-order valence-corrected chi connectivity index (χ2v) is 7.83. The molecule has 0 aliphatic carbocycles. The number of benzene rings is 1. The summed E-state index contributed by atoms with van der Waals surface area (Å²) >= 11 is 0. The Morgan fingerprint density at radius 2 is 1.81 bits per heavy atom. The number of alkyl carbamates (subject to hydrolysis) is 1. The zero-order chi connectivity index (χ0) is 19.8. The molecule has 7 heteroatoms. The van der Waals surface area contributed by atoms with Crippen molar-refractivity contribution in [2.24, 2.45) is 0 Å². The molecule has 1 aromatic rings. The van der Waals surface area contributed by atoms with Crippen molar-refractivity contribution in [3.8, 4) is 0 Å². The zero-order valence-corrected chi connectivity index (χ0v) is 16.3. The molecule has 0 fully saturated rings. The number of carbonyl (C=O) groups is 2. The minimum absolute atomic E-state index is 0.0665. The van der Waals surface area contributed by atoms with Gasteiger partial charge in [-0.1, -0.05) is 30.3 Å². The Balaban J connectivity index is 2.73. The number of hydrogen-bond acceptors (Lipinski definition) is 4. The third-order valence-electron chi connectivity index (χ3n) is 3.52. The molecule has 6 nitrogen and oxygen atoms in total. The van der Waals surface area contributed by atoms with Gasteiger partial charge in [-0.2, -0.15) is 4.39 Å². The van der Waals surface area contributed by atoms with Crippen LogP contribution in [0, 0.1) is 0 Å². The minimum atomic E-state index is -0.881. The van der Waals surface area contributed by atoms with E-state index in [9.17, 15) is 14.0 Å². The molecule has 0 saturated carbocycles. The van der Waals surface area contributed by atoms with E-state index in [-0.39, 0.29) is 17.5 Å². The molecule has 1 rings (SSSR count). The molecule has 1 aromatic carbocycles. The zero-order valence-electron chi connectivity index (χ0n) is 16.3. The van der Waals surface area contributed by atoms with Crippen molar-refractivity contribution >= 4 is 12.1 Å². The summed E-state index contributed by atoms with van der Waals surface area (Å²) in [5, 5.41) is 2.57. The Morgan fingerprint density at radius 1 is 1.19 bits per heavy atom. The van der Waals surface area contributed by atoms with Crippen molar-refractivity contribution in [1.82, 2.24) is 5.32 Å². The van der Waals surface area contributed by atoms with Gasteiger partial charge >= 0.3 is 12.1 Å². The Morgan fingerprint density at radius 3 is 2.35 bits per heavy atom. The molecule has 1 unspecified atom stereocenters. The number of hydrogen-bond donors (Lipinski definition) is 1. The van der Waals surface area contributed by atoms with Gasteiger partial charge in [-0.25, -0.2) is 9.59 Å². The Bertz CT molecular complexity index is 585. The molecule has 0 heterocycles. The average Bonchev–Trinajstić information content (AvgIpc) is 2.53. The SMILES string of the molecule is CC(C)(C)OC(=O)NC(Cc1ccccc1)C(=O)OCC[N+](C)(C)CF. The van der Waals surface area contributed by atoms with Crippen LogP contribution < -0.4 is 5.32 Å². The molecule has 1 N–H and O–H groups in total. The molecule has 0 spiro atoms. The van der Waals surface area contributed by atoms with Crippen LogP contribution in [0.2, 0.25) is 0 Å². The standard InChI is InChI=1S/C19H29FN2O4/c1-19(2,3)26-18(24)21-16(13-15-9-7-6-8-10-15)17(23)25-12-11-22(4,5)14-20/h6-10,16H,11-14H2,1-5H3/p+1. The van der Waals surface area contributed by atoms with Gasteiger partial charge in [0, 0.05) is 6.42 Å². The first kappa shape index (κ1) is 21.9. The van der Waals surface area contributed by atoms with E-state index < -0.39 is 30.5 Å². The molecule has 0 aliphatic rings. The number of carbonyl (C=O) groups excluding carboxylic acids is 2. The van der Waals surface area contributed by atoms with Crippen LogP contribution in [0.3, 0.4) is 0 Å². The lowest BCUT2D eigenvalue weighted by atomic mass is 10.1. The molecule has 0 aliphatic heterocycles. The maximum atomic E-state index is 12.8. The van der Waals surface area contributed by atoms with E-state index in [1.54, 1.807) is 34.9 Å². The van der Waals surface area contributed by atoms with E-state index >= 15 is 0 Å². The Hall–Kier alpha value is -2.15. The highest BCUT2D eigenvalue weighted by Gasteiger charge is 2.26. The highest BCUT2D eigenvalue weighted by atomic mass is 19.1. The third-order valence-corrected chi connectivity index (χ3v) is 3.52. The lowest BCUT2D eigenvalue weighted by Crippen LogP contribution is -2.47. The molecule has 1 amide bonds. The predicted octanol–water partition coefficient (Wildman–Crippen LogP) is 2.67. The molecule has 0 bridgehead atoms. The molecule has 0 aromatic heterocycles. The summed E-state index contributed by atoms with van der Waals surface area (Å²) in [6.45, 7) is 5.08.